The molecule has 3 amide bonds. The highest BCUT2D eigenvalue weighted by atomic mass is 19.1. The number of benzene rings is 2. The Kier molecular flexibility index (Phi) is 12.0. The Labute approximate surface area is 241 Å². The molecule has 3 N–H and O–H groups in total. The van der Waals surface area contributed by atoms with Gasteiger partial charge in [-0.15, -0.1) is 0 Å². The maximum absolute atomic E-state index is 14.0. The number of Topliss-reactive ketones (excluding diaryl/α,β-unsaturated/α-hetero) is 1. The van der Waals surface area contributed by atoms with Crippen LogP contribution in [0.3, 0.4) is 0 Å². The van der Waals surface area contributed by atoms with Gasteiger partial charge in [0, 0.05) is 17.8 Å². The van der Waals surface area contributed by atoms with E-state index in [1.807, 2.05) is 0 Å². The van der Waals surface area contributed by atoms with Crippen molar-refractivity contribution >= 4 is 52.9 Å². The number of halogens is 2. The number of ketones is 1. The molecule has 0 aromatic heterocycles. The number of alkyl carbamates (subject to hydrolysis) is 1. The number of rotatable bonds is 13. The molecule has 2 aromatic carbocycles. The van der Waals surface area contributed by atoms with Crippen LogP contribution in [-0.4, -0.2) is 72.0 Å². The lowest BCUT2D eigenvalue weighted by Crippen LogP contribution is -2.43. The zero-order chi connectivity index (χ0) is 30.8. The van der Waals surface area contributed by atoms with Gasteiger partial charge in [0.1, 0.15) is 35.7 Å². The first kappa shape index (κ1) is 33.4. The summed E-state index contributed by atoms with van der Waals surface area (Å²) in [6.45, 7) is 4.83. The zero-order valence-corrected chi connectivity index (χ0v) is 24.4. The third-order valence-electron chi connectivity index (χ3n) is 5.62. The fourth-order valence-corrected chi connectivity index (χ4v) is 3.45. The fourth-order valence-electron chi connectivity index (χ4n) is 3.45. The Morgan fingerprint density at radius 1 is 0.951 bits per heavy atom. The summed E-state index contributed by atoms with van der Waals surface area (Å²) in [7, 11) is 5.27. The highest BCUT2D eigenvalue weighted by Gasteiger charge is 2.24. The standard InChI is InChI=1S/C27H36B3F2N3O6/c1-26(2,3)41-25(39)33-13-5-4-12-20(21(36)15-40-22-18(31)10-7-11-19(22)32)35-23(37)16-8-6-9-17(14-16)34-24(38)27(28,29)30/h6-11,14,20H,4-5,12-13,15,28-30H2,1-3H3,(H,33,39)(H,34,38)(H,35,37)/t20-/m1/s1. The van der Waals surface area contributed by atoms with Gasteiger partial charge < -0.3 is 25.4 Å². The third-order valence-corrected chi connectivity index (χ3v) is 5.62. The van der Waals surface area contributed by atoms with E-state index >= 15 is 0 Å². The van der Waals surface area contributed by atoms with Crippen LogP contribution < -0.4 is 20.7 Å². The fraction of sp³-hybridized carbons (Fsp3) is 0.407. The van der Waals surface area contributed by atoms with E-state index in [1.165, 1.54) is 18.2 Å². The van der Waals surface area contributed by atoms with E-state index in [4.69, 9.17) is 9.47 Å². The number of carbonyl (C=O) groups is 4. The third kappa shape index (κ3) is 11.7. The van der Waals surface area contributed by atoms with Gasteiger partial charge in [-0.1, -0.05) is 12.1 Å². The van der Waals surface area contributed by atoms with Crippen LogP contribution in [0, 0.1) is 11.6 Å². The number of unbranched alkanes of at least 4 members (excludes halogenated alkanes) is 1. The molecule has 2 rings (SSSR count). The SMILES string of the molecule is BC(B)(B)C(=O)Nc1cccc(C(=O)N[C@H](CCCCNC(=O)OC(C)(C)C)C(=O)COc2c(F)cccc2F)c1. The van der Waals surface area contributed by atoms with Gasteiger partial charge in [-0.25, -0.2) is 13.6 Å². The van der Waals surface area contributed by atoms with E-state index < -0.39 is 58.5 Å². The lowest BCUT2D eigenvalue weighted by molar-refractivity contribution is -0.123. The molecule has 0 aliphatic rings. The summed E-state index contributed by atoms with van der Waals surface area (Å²) >= 11 is 0. The van der Waals surface area contributed by atoms with E-state index in [9.17, 15) is 28.0 Å². The minimum Gasteiger partial charge on any atom is -0.480 e. The second kappa shape index (κ2) is 14.7. The van der Waals surface area contributed by atoms with Crippen LogP contribution in [0.15, 0.2) is 42.5 Å². The largest absolute Gasteiger partial charge is 0.480 e. The average Bonchev–Trinajstić information content (AvgIpc) is 2.85. The summed E-state index contributed by atoms with van der Waals surface area (Å²) in [6.07, 6.45) is 0.486. The minimum atomic E-state index is -1.05. The van der Waals surface area contributed by atoms with Gasteiger partial charge in [0.15, 0.2) is 23.2 Å². The predicted molar refractivity (Wildman–Crippen MR) is 160 cm³/mol. The Balaban J connectivity index is 2.08. The molecule has 9 nitrogen and oxygen atoms in total. The van der Waals surface area contributed by atoms with Crippen molar-refractivity contribution in [2.45, 2.75) is 56.8 Å². The summed E-state index contributed by atoms with van der Waals surface area (Å²) in [5.41, 5.74) is -0.0367. The van der Waals surface area contributed by atoms with Crippen molar-refractivity contribution < 1.29 is 37.4 Å². The first-order chi connectivity index (χ1) is 19.1. The van der Waals surface area contributed by atoms with Crippen molar-refractivity contribution in [1.29, 1.82) is 0 Å². The number of amides is 3. The van der Waals surface area contributed by atoms with Gasteiger partial charge >= 0.3 is 6.09 Å². The summed E-state index contributed by atoms with van der Waals surface area (Å²) in [4.78, 5) is 50.3. The summed E-state index contributed by atoms with van der Waals surface area (Å²) in [5, 5.41) is 7.39. The zero-order valence-electron chi connectivity index (χ0n) is 24.4. The number of ether oxygens (including phenoxy) is 2. The lowest BCUT2D eigenvalue weighted by atomic mass is 9.42. The topological polar surface area (TPSA) is 123 Å². The van der Waals surface area contributed by atoms with Crippen LogP contribution >= 0.6 is 0 Å². The maximum Gasteiger partial charge on any atom is 0.407 e. The van der Waals surface area contributed by atoms with Crippen molar-refractivity contribution in [1.82, 2.24) is 10.6 Å². The normalized spacial score (nSPS) is 12.1. The summed E-state index contributed by atoms with van der Waals surface area (Å²) in [6, 6.07) is 8.37. The van der Waals surface area contributed by atoms with E-state index in [0.717, 1.165) is 12.1 Å². The van der Waals surface area contributed by atoms with E-state index in [2.05, 4.69) is 16.0 Å². The summed E-state index contributed by atoms with van der Waals surface area (Å²) in [5.74, 6) is -4.02. The number of hydrogen-bond acceptors (Lipinski definition) is 6. The Morgan fingerprint density at radius 2 is 1.59 bits per heavy atom. The highest BCUT2D eigenvalue weighted by Crippen LogP contribution is 2.21. The monoisotopic (exact) mass is 569 g/mol. The van der Waals surface area contributed by atoms with Crippen LogP contribution in [0.25, 0.3) is 0 Å². The van der Waals surface area contributed by atoms with Crippen molar-refractivity contribution in [3.63, 3.8) is 0 Å². The molecule has 0 saturated heterocycles. The smallest absolute Gasteiger partial charge is 0.407 e. The first-order valence-electron chi connectivity index (χ1n) is 13.4. The molecular weight excluding hydrogens is 533 g/mol. The van der Waals surface area contributed by atoms with E-state index in [1.54, 1.807) is 56.4 Å². The van der Waals surface area contributed by atoms with Crippen LogP contribution in [-0.2, 0) is 14.3 Å². The number of carbonyl (C=O) groups excluding carboxylic acids is 4. The molecule has 0 heterocycles. The van der Waals surface area contributed by atoms with Crippen molar-refractivity contribution in [2.24, 2.45) is 0 Å². The molecule has 0 bridgehead atoms. The van der Waals surface area contributed by atoms with E-state index in [0.29, 0.717) is 18.5 Å². The number of anilines is 1. The van der Waals surface area contributed by atoms with Gasteiger partial charge in [0.05, 0.1) is 6.04 Å². The Bertz CT molecular complexity index is 1230. The Morgan fingerprint density at radius 3 is 2.20 bits per heavy atom. The van der Waals surface area contributed by atoms with Crippen LogP contribution in [0.4, 0.5) is 19.3 Å². The molecule has 0 saturated carbocycles. The predicted octanol–water partition coefficient (Wildman–Crippen LogP) is 1.32. The molecule has 14 heteroatoms. The van der Waals surface area contributed by atoms with Crippen molar-refractivity contribution in [3.05, 3.63) is 59.7 Å². The molecule has 0 aliphatic carbocycles. The van der Waals surface area contributed by atoms with Gasteiger partial charge in [-0.2, -0.15) is 0 Å². The molecule has 1 atom stereocenters. The quantitative estimate of drug-likeness (QED) is 0.247. The molecule has 2 aromatic rings. The second-order valence-corrected chi connectivity index (χ2v) is 11.5. The molecule has 41 heavy (non-hydrogen) atoms. The molecule has 0 unspecified atom stereocenters. The first-order valence-corrected chi connectivity index (χ1v) is 13.4. The average molecular weight is 569 g/mol. The van der Waals surface area contributed by atoms with Gasteiger partial charge in [0.25, 0.3) is 5.91 Å². The maximum atomic E-state index is 14.0. The van der Waals surface area contributed by atoms with Crippen molar-refractivity contribution in [3.8, 4) is 5.75 Å². The van der Waals surface area contributed by atoms with E-state index in [-0.39, 0.29) is 24.4 Å². The van der Waals surface area contributed by atoms with Gasteiger partial charge in [-0.05, 0) is 75.5 Å². The molecule has 218 valence electrons. The highest BCUT2D eigenvalue weighted by molar-refractivity contribution is 6.69. The number of nitrogens with one attached hydrogen (secondary N) is 3. The van der Waals surface area contributed by atoms with Crippen LogP contribution in [0.5, 0.6) is 5.75 Å². The molecule has 0 radical (unpaired) electrons. The Hall–Kier alpha value is -3.83. The molecular formula is C27H36B3F2N3O6. The van der Waals surface area contributed by atoms with Crippen LogP contribution in [0.1, 0.15) is 50.4 Å². The van der Waals surface area contributed by atoms with Gasteiger partial charge in [-0.3, -0.25) is 14.4 Å². The lowest BCUT2D eigenvalue weighted by Gasteiger charge is -2.20. The minimum absolute atomic E-state index is 0.171. The molecule has 0 aliphatic heterocycles. The van der Waals surface area contributed by atoms with Crippen LogP contribution in [0.2, 0.25) is 5.11 Å². The summed E-state index contributed by atoms with van der Waals surface area (Å²) < 4.78 is 38.3. The number of para-hydroxylation sites is 1. The second-order valence-electron chi connectivity index (χ2n) is 11.5. The number of hydrogen-bond donors (Lipinski definition) is 3. The molecule has 0 spiro atoms. The van der Waals surface area contributed by atoms with Crippen molar-refractivity contribution in [2.75, 3.05) is 18.5 Å². The molecule has 0 fully saturated rings. The van der Waals surface area contributed by atoms with Gasteiger partial charge in [0.2, 0.25) is 5.91 Å².